The van der Waals surface area contributed by atoms with Gasteiger partial charge in [0.25, 0.3) is 5.91 Å². The van der Waals surface area contributed by atoms with Crippen LogP contribution in [-0.4, -0.2) is 29.1 Å². The van der Waals surface area contributed by atoms with E-state index in [0.29, 0.717) is 18.8 Å². The van der Waals surface area contributed by atoms with E-state index in [1.54, 1.807) is 11.1 Å². The van der Waals surface area contributed by atoms with Crippen LogP contribution < -0.4 is 0 Å². The molecule has 0 bridgehead atoms. The van der Waals surface area contributed by atoms with Crippen molar-refractivity contribution in [1.82, 2.24) is 10.1 Å². The minimum absolute atomic E-state index is 0.0833. The van der Waals surface area contributed by atoms with Crippen molar-refractivity contribution in [2.75, 3.05) is 13.1 Å². The first-order chi connectivity index (χ1) is 6.20. The molecule has 1 aromatic rings. The van der Waals surface area contributed by atoms with E-state index >= 15 is 0 Å². The second-order valence-corrected chi connectivity index (χ2v) is 2.82. The molecule has 4 heteroatoms. The second kappa shape index (κ2) is 4.07. The summed E-state index contributed by atoms with van der Waals surface area (Å²) in [6.07, 6.45) is 1.55. The quantitative estimate of drug-likeness (QED) is 0.711. The average molecular weight is 182 g/mol. The van der Waals surface area contributed by atoms with Crippen molar-refractivity contribution < 1.29 is 9.32 Å². The number of hydrogen-bond donors (Lipinski definition) is 0. The summed E-state index contributed by atoms with van der Waals surface area (Å²) in [5, 5.41) is 3.57. The Labute approximate surface area is 77.5 Å². The van der Waals surface area contributed by atoms with Crippen molar-refractivity contribution >= 4 is 5.91 Å². The maximum absolute atomic E-state index is 11.7. The van der Waals surface area contributed by atoms with Gasteiger partial charge in [-0.1, -0.05) is 5.16 Å². The van der Waals surface area contributed by atoms with E-state index in [0.717, 1.165) is 5.56 Å². The lowest BCUT2D eigenvalue weighted by molar-refractivity contribution is 0.0730. The fourth-order valence-electron chi connectivity index (χ4n) is 1.15. The number of aromatic nitrogens is 1. The van der Waals surface area contributed by atoms with E-state index in [1.807, 2.05) is 20.8 Å². The molecule has 0 spiro atoms. The lowest BCUT2D eigenvalue weighted by Crippen LogP contribution is -2.30. The number of rotatable bonds is 3. The Balaban J connectivity index is 2.84. The molecule has 0 N–H and O–H groups in total. The third kappa shape index (κ3) is 1.88. The standard InChI is InChI=1S/C9H14N2O2/c1-4-11(5-2)9(12)8-7(3)6-10-13-8/h6H,4-5H2,1-3H3. The van der Waals surface area contributed by atoms with Crippen molar-refractivity contribution in [2.45, 2.75) is 20.8 Å². The number of amides is 1. The summed E-state index contributed by atoms with van der Waals surface area (Å²) in [6.45, 7) is 7.07. The molecular formula is C9H14N2O2. The Morgan fingerprint density at radius 3 is 2.54 bits per heavy atom. The fraction of sp³-hybridized carbons (Fsp3) is 0.556. The summed E-state index contributed by atoms with van der Waals surface area (Å²) >= 11 is 0. The van der Waals surface area contributed by atoms with Crippen molar-refractivity contribution in [3.63, 3.8) is 0 Å². The maximum Gasteiger partial charge on any atom is 0.292 e. The molecule has 0 saturated carbocycles. The van der Waals surface area contributed by atoms with Gasteiger partial charge in [0.15, 0.2) is 0 Å². The molecule has 0 atom stereocenters. The first-order valence-electron chi connectivity index (χ1n) is 4.41. The van der Waals surface area contributed by atoms with Gasteiger partial charge >= 0.3 is 0 Å². The third-order valence-electron chi connectivity index (χ3n) is 1.99. The molecule has 1 amide bonds. The third-order valence-corrected chi connectivity index (χ3v) is 1.99. The van der Waals surface area contributed by atoms with Crippen LogP contribution in [0.1, 0.15) is 30.0 Å². The Morgan fingerprint density at radius 1 is 1.54 bits per heavy atom. The van der Waals surface area contributed by atoms with Gasteiger partial charge in [0, 0.05) is 18.7 Å². The molecule has 0 saturated heterocycles. The molecule has 0 aliphatic rings. The average Bonchev–Trinajstić information content (AvgIpc) is 2.53. The summed E-state index contributed by atoms with van der Waals surface area (Å²) in [6, 6.07) is 0. The first kappa shape index (κ1) is 9.77. The SMILES string of the molecule is CCN(CC)C(=O)c1oncc1C. The Kier molecular flexibility index (Phi) is 3.06. The summed E-state index contributed by atoms with van der Waals surface area (Å²) < 4.78 is 4.87. The minimum atomic E-state index is -0.0833. The molecule has 0 aliphatic heterocycles. The molecule has 1 rings (SSSR count). The molecule has 0 radical (unpaired) electrons. The Morgan fingerprint density at radius 2 is 2.15 bits per heavy atom. The largest absolute Gasteiger partial charge is 0.351 e. The normalized spacial score (nSPS) is 10.1. The van der Waals surface area contributed by atoms with E-state index in [2.05, 4.69) is 5.16 Å². The van der Waals surface area contributed by atoms with E-state index in [1.165, 1.54) is 0 Å². The van der Waals surface area contributed by atoms with Crippen molar-refractivity contribution in [1.29, 1.82) is 0 Å². The zero-order valence-electron chi connectivity index (χ0n) is 8.20. The number of carbonyl (C=O) groups is 1. The highest BCUT2D eigenvalue weighted by atomic mass is 16.5. The van der Waals surface area contributed by atoms with Crippen LogP contribution in [0.5, 0.6) is 0 Å². The minimum Gasteiger partial charge on any atom is -0.351 e. The molecule has 0 aliphatic carbocycles. The number of carbonyl (C=O) groups excluding carboxylic acids is 1. The van der Waals surface area contributed by atoms with Crippen molar-refractivity contribution in [3.05, 3.63) is 17.5 Å². The van der Waals surface area contributed by atoms with Crippen LogP contribution in [0.15, 0.2) is 10.7 Å². The topological polar surface area (TPSA) is 46.3 Å². The monoisotopic (exact) mass is 182 g/mol. The summed E-state index contributed by atoms with van der Waals surface area (Å²) in [5.74, 6) is 0.267. The number of nitrogens with zero attached hydrogens (tertiary/aromatic N) is 2. The van der Waals surface area contributed by atoms with E-state index in [-0.39, 0.29) is 5.91 Å². The summed E-state index contributed by atoms with van der Waals surface area (Å²) in [4.78, 5) is 13.4. The summed E-state index contributed by atoms with van der Waals surface area (Å²) in [7, 11) is 0. The highest BCUT2D eigenvalue weighted by molar-refractivity contribution is 5.92. The van der Waals surface area contributed by atoms with Crippen LogP contribution in [0.3, 0.4) is 0 Å². The molecular weight excluding hydrogens is 168 g/mol. The van der Waals surface area contributed by atoms with Gasteiger partial charge in [-0.25, -0.2) is 0 Å². The zero-order chi connectivity index (χ0) is 9.84. The van der Waals surface area contributed by atoms with Gasteiger partial charge in [-0.05, 0) is 20.8 Å². The molecule has 0 aromatic carbocycles. The van der Waals surface area contributed by atoms with Gasteiger partial charge in [-0.15, -0.1) is 0 Å². The number of hydrogen-bond acceptors (Lipinski definition) is 3. The van der Waals surface area contributed by atoms with Gasteiger partial charge in [-0.3, -0.25) is 4.79 Å². The van der Waals surface area contributed by atoms with Gasteiger partial charge in [0.2, 0.25) is 5.76 Å². The number of aryl methyl sites for hydroxylation is 1. The Hall–Kier alpha value is -1.32. The van der Waals surface area contributed by atoms with E-state index < -0.39 is 0 Å². The molecule has 4 nitrogen and oxygen atoms in total. The van der Waals surface area contributed by atoms with Gasteiger partial charge in [-0.2, -0.15) is 0 Å². The Bertz CT molecular complexity index is 290. The fourth-order valence-corrected chi connectivity index (χ4v) is 1.15. The predicted octanol–water partition coefficient (Wildman–Crippen LogP) is 1.47. The van der Waals surface area contributed by atoms with Gasteiger partial charge < -0.3 is 9.42 Å². The molecule has 72 valence electrons. The van der Waals surface area contributed by atoms with E-state index in [9.17, 15) is 4.79 Å². The van der Waals surface area contributed by atoms with Crippen LogP contribution in [0, 0.1) is 6.92 Å². The smallest absolute Gasteiger partial charge is 0.292 e. The highest BCUT2D eigenvalue weighted by Crippen LogP contribution is 2.09. The van der Waals surface area contributed by atoms with Crippen LogP contribution in [0.25, 0.3) is 0 Å². The van der Waals surface area contributed by atoms with Gasteiger partial charge in [0.1, 0.15) is 0 Å². The lowest BCUT2D eigenvalue weighted by Gasteiger charge is -2.16. The van der Waals surface area contributed by atoms with Crippen LogP contribution in [-0.2, 0) is 0 Å². The molecule has 1 heterocycles. The predicted molar refractivity (Wildman–Crippen MR) is 48.5 cm³/mol. The van der Waals surface area contributed by atoms with Crippen molar-refractivity contribution in [3.8, 4) is 0 Å². The lowest BCUT2D eigenvalue weighted by atomic mass is 10.2. The molecule has 13 heavy (non-hydrogen) atoms. The van der Waals surface area contributed by atoms with Crippen LogP contribution >= 0.6 is 0 Å². The maximum atomic E-state index is 11.7. The molecule has 0 fully saturated rings. The van der Waals surface area contributed by atoms with E-state index in [4.69, 9.17) is 4.52 Å². The highest BCUT2D eigenvalue weighted by Gasteiger charge is 2.18. The first-order valence-corrected chi connectivity index (χ1v) is 4.41. The van der Waals surface area contributed by atoms with Crippen molar-refractivity contribution in [2.24, 2.45) is 0 Å². The second-order valence-electron chi connectivity index (χ2n) is 2.82. The van der Waals surface area contributed by atoms with Crippen LogP contribution in [0.4, 0.5) is 0 Å². The van der Waals surface area contributed by atoms with Crippen LogP contribution in [0.2, 0.25) is 0 Å². The van der Waals surface area contributed by atoms with Gasteiger partial charge in [0.05, 0.1) is 6.20 Å². The summed E-state index contributed by atoms with van der Waals surface area (Å²) in [5.41, 5.74) is 0.789. The molecule has 1 aromatic heterocycles. The zero-order valence-corrected chi connectivity index (χ0v) is 8.20. The molecule has 0 unspecified atom stereocenters.